The number of aryl methyl sites for hydroxylation is 1. The maximum Gasteiger partial charge on any atom is 0.364 e. The lowest BCUT2D eigenvalue weighted by Gasteiger charge is -2.21. The predicted octanol–water partition coefficient (Wildman–Crippen LogP) is 3.28. The minimum Gasteiger partial charge on any atom is -0.333 e. The molecule has 0 atom stereocenters. The van der Waals surface area contributed by atoms with E-state index in [-0.39, 0.29) is 16.7 Å². The van der Waals surface area contributed by atoms with Gasteiger partial charge in [0.25, 0.3) is 11.8 Å². The summed E-state index contributed by atoms with van der Waals surface area (Å²) in [6.07, 6.45) is 0. The molecule has 1 aliphatic rings. The number of nitrogens with zero attached hydrogens (tertiary/aromatic N) is 1. The number of rotatable bonds is 3. The SMILES string of the molecule is Cc1ccc(C(=O)ON2C(=O)c3ccccc3C2=O)cc1NC(=O)NC(C)(C)C. The van der Waals surface area contributed by atoms with E-state index in [1.807, 2.05) is 20.8 Å². The van der Waals surface area contributed by atoms with Crippen LogP contribution in [0.3, 0.4) is 0 Å². The normalized spacial score (nSPS) is 13.2. The zero-order valence-corrected chi connectivity index (χ0v) is 16.5. The largest absolute Gasteiger partial charge is 0.364 e. The molecule has 0 saturated heterocycles. The molecule has 0 aromatic heterocycles. The van der Waals surface area contributed by atoms with Gasteiger partial charge < -0.3 is 15.5 Å². The lowest BCUT2D eigenvalue weighted by Crippen LogP contribution is -2.43. The number of hydrogen-bond donors (Lipinski definition) is 2. The topological polar surface area (TPSA) is 105 Å². The van der Waals surface area contributed by atoms with E-state index in [0.717, 1.165) is 5.56 Å². The molecular weight excluding hydrogens is 374 g/mol. The van der Waals surface area contributed by atoms with Gasteiger partial charge in [-0.1, -0.05) is 23.3 Å². The van der Waals surface area contributed by atoms with Crippen molar-refractivity contribution in [2.24, 2.45) is 0 Å². The van der Waals surface area contributed by atoms with E-state index in [1.54, 1.807) is 25.1 Å². The number of carbonyl (C=O) groups excluding carboxylic acids is 4. The highest BCUT2D eigenvalue weighted by Gasteiger charge is 2.38. The van der Waals surface area contributed by atoms with Crippen LogP contribution in [0.25, 0.3) is 0 Å². The van der Waals surface area contributed by atoms with Crippen LogP contribution in [0.4, 0.5) is 10.5 Å². The van der Waals surface area contributed by atoms with Gasteiger partial charge in [0.1, 0.15) is 0 Å². The number of hydroxylamine groups is 2. The number of carbonyl (C=O) groups is 4. The molecule has 3 rings (SSSR count). The van der Waals surface area contributed by atoms with Crippen molar-refractivity contribution in [1.82, 2.24) is 10.4 Å². The molecule has 0 bridgehead atoms. The van der Waals surface area contributed by atoms with E-state index < -0.39 is 29.4 Å². The van der Waals surface area contributed by atoms with Crippen LogP contribution < -0.4 is 10.6 Å². The minimum absolute atomic E-state index is 0.0817. The van der Waals surface area contributed by atoms with Gasteiger partial charge in [0.05, 0.1) is 16.7 Å². The summed E-state index contributed by atoms with van der Waals surface area (Å²) in [4.78, 5) is 54.4. The Morgan fingerprint density at radius 2 is 1.55 bits per heavy atom. The van der Waals surface area contributed by atoms with Crippen molar-refractivity contribution in [3.8, 4) is 0 Å². The fourth-order valence-corrected chi connectivity index (χ4v) is 2.76. The third-order valence-corrected chi connectivity index (χ3v) is 4.14. The van der Waals surface area contributed by atoms with Gasteiger partial charge in [0.2, 0.25) is 0 Å². The Morgan fingerprint density at radius 3 is 2.10 bits per heavy atom. The number of urea groups is 1. The van der Waals surface area contributed by atoms with Gasteiger partial charge in [-0.15, -0.1) is 0 Å². The zero-order valence-electron chi connectivity index (χ0n) is 16.5. The van der Waals surface area contributed by atoms with E-state index in [2.05, 4.69) is 10.6 Å². The first-order valence-corrected chi connectivity index (χ1v) is 8.97. The van der Waals surface area contributed by atoms with Crippen LogP contribution in [0.1, 0.15) is 57.4 Å². The number of fused-ring (bicyclic) bond motifs is 1. The summed E-state index contributed by atoms with van der Waals surface area (Å²) in [5.74, 6) is -2.29. The molecule has 0 spiro atoms. The second kappa shape index (κ2) is 7.38. The van der Waals surface area contributed by atoms with Crippen LogP contribution >= 0.6 is 0 Å². The third-order valence-electron chi connectivity index (χ3n) is 4.14. The standard InChI is InChI=1S/C21H21N3O5/c1-12-9-10-13(11-16(12)22-20(28)23-21(2,3)4)19(27)29-24-17(25)14-7-5-6-8-15(14)18(24)26/h5-11H,1-4H3,(H2,22,23,28). The summed E-state index contributed by atoms with van der Waals surface area (Å²) in [6.45, 7) is 7.30. The zero-order chi connectivity index (χ0) is 21.3. The monoisotopic (exact) mass is 395 g/mol. The van der Waals surface area contributed by atoms with Crippen molar-refractivity contribution in [2.75, 3.05) is 5.32 Å². The molecule has 2 N–H and O–H groups in total. The van der Waals surface area contributed by atoms with E-state index in [1.165, 1.54) is 24.3 Å². The average Bonchev–Trinajstić information content (AvgIpc) is 2.87. The number of nitrogens with one attached hydrogen (secondary N) is 2. The Hall–Kier alpha value is -3.68. The molecule has 0 radical (unpaired) electrons. The Kier molecular flexibility index (Phi) is 5.11. The van der Waals surface area contributed by atoms with Crippen LogP contribution in [0.5, 0.6) is 0 Å². The molecule has 0 saturated carbocycles. The van der Waals surface area contributed by atoms with Crippen LogP contribution in [-0.2, 0) is 4.84 Å². The van der Waals surface area contributed by atoms with Crippen molar-refractivity contribution in [3.05, 3.63) is 64.7 Å². The molecule has 8 nitrogen and oxygen atoms in total. The fraction of sp³-hybridized carbons (Fsp3) is 0.238. The highest BCUT2D eigenvalue weighted by molar-refractivity contribution is 6.21. The molecule has 1 heterocycles. The summed E-state index contributed by atoms with van der Waals surface area (Å²) in [5.41, 5.74) is 1.14. The molecule has 2 aromatic rings. The quantitative estimate of drug-likeness (QED) is 0.776. The summed E-state index contributed by atoms with van der Waals surface area (Å²) in [7, 11) is 0. The Balaban J connectivity index is 1.76. The highest BCUT2D eigenvalue weighted by Crippen LogP contribution is 2.24. The molecule has 150 valence electrons. The van der Waals surface area contributed by atoms with Crippen LogP contribution in [-0.4, -0.2) is 34.4 Å². The maximum atomic E-state index is 12.5. The first kappa shape index (κ1) is 20.1. The van der Waals surface area contributed by atoms with Gasteiger partial charge >= 0.3 is 12.0 Å². The second-order valence-electron chi connectivity index (χ2n) is 7.69. The van der Waals surface area contributed by atoms with Crippen molar-refractivity contribution < 1.29 is 24.0 Å². The van der Waals surface area contributed by atoms with E-state index >= 15 is 0 Å². The third kappa shape index (κ3) is 4.26. The minimum atomic E-state index is -0.890. The predicted molar refractivity (Wildman–Crippen MR) is 105 cm³/mol. The van der Waals surface area contributed by atoms with Crippen LogP contribution in [0.2, 0.25) is 0 Å². The molecule has 29 heavy (non-hydrogen) atoms. The van der Waals surface area contributed by atoms with Crippen molar-refractivity contribution in [2.45, 2.75) is 33.2 Å². The van der Waals surface area contributed by atoms with Crippen molar-refractivity contribution >= 4 is 29.5 Å². The maximum absolute atomic E-state index is 12.5. The van der Waals surface area contributed by atoms with E-state index in [9.17, 15) is 19.2 Å². The highest BCUT2D eigenvalue weighted by atomic mass is 16.7. The number of anilines is 1. The molecule has 0 fully saturated rings. The lowest BCUT2D eigenvalue weighted by molar-refractivity contribution is -0.0584. The molecule has 2 aromatic carbocycles. The van der Waals surface area contributed by atoms with Crippen LogP contribution in [0.15, 0.2) is 42.5 Å². The number of imide groups is 1. The van der Waals surface area contributed by atoms with Gasteiger partial charge in [-0.2, -0.15) is 0 Å². The van der Waals surface area contributed by atoms with Gasteiger partial charge in [-0.25, -0.2) is 9.59 Å². The Labute approximate surface area is 167 Å². The van der Waals surface area contributed by atoms with Gasteiger partial charge in [0, 0.05) is 11.2 Å². The van der Waals surface area contributed by atoms with E-state index in [0.29, 0.717) is 10.8 Å². The van der Waals surface area contributed by atoms with Gasteiger partial charge in [-0.05, 0) is 57.5 Å². The number of benzene rings is 2. The van der Waals surface area contributed by atoms with Crippen molar-refractivity contribution in [3.63, 3.8) is 0 Å². The van der Waals surface area contributed by atoms with Crippen molar-refractivity contribution in [1.29, 1.82) is 0 Å². The summed E-state index contributed by atoms with van der Waals surface area (Å²) in [5, 5.41) is 5.89. The summed E-state index contributed by atoms with van der Waals surface area (Å²) < 4.78 is 0. The first-order valence-electron chi connectivity index (χ1n) is 8.97. The number of amides is 4. The number of hydrogen-bond acceptors (Lipinski definition) is 5. The molecule has 1 aliphatic heterocycles. The molecule has 0 unspecified atom stereocenters. The fourth-order valence-electron chi connectivity index (χ4n) is 2.76. The van der Waals surface area contributed by atoms with Crippen LogP contribution in [0, 0.1) is 6.92 Å². The molecule has 0 aliphatic carbocycles. The average molecular weight is 395 g/mol. The smallest absolute Gasteiger partial charge is 0.333 e. The Morgan fingerprint density at radius 1 is 0.966 bits per heavy atom. The van der Waals surface area contributed by atoms with Gasteiger partial charge in [0.15, 0.2) is 0 Å². The van der Waals surface area contributed by atoms with Gasteiger partial charge in [-0.3, -0.25) is 9.59 Å². The van der Waals surface area contributed by atoms with E-state index in [4.69, 9.17) is 4.84 Å². The second-order valence-corrected chi connectivity index (χ2v) is 7.69. The Bertz CT molecular complexity index is 988. The first-order chi connectivity index (χ1) is 13.6. The molecular formula is C21H21N3O5. The summed E-state index contributed by atoms with van der Waals surface area (Å²) in [6, 6.07) is 10.3. The summed E-state index contributed by atoms with van der Waals surface area (Å²) >= 11 is 0. The molecule has 8 heteroatoms. The molecule has 4 amide bonds. The lowest BCUT2D eigenvalue weighted by atomic mass is 10.1.